The van der Waals surface area contributed by atoms with E-state index in [-0.39, 0.29) is 0 Å². The third-order valence-corrected chi connectivity index (χ3v) is 4.90. The maximum Gasteiger partial charge on any atom is 0.230 e. The SMILES string of the molecule is NCC1CCCC1c1nc(C2Cc3ccccc32)no1. The molecular weight excluding hydrogens is 250 g/mol. The maximum absolute atomic E-state index is 5.84. The maximum atomic E-state index is 5.84. The Morgan fingerprint density at radius 1 is 1.25 bits per heavy atom. The molecule has 20 heavy (non-hydrogen) atoms. The minimum atomic E-state index is 0.321. The molecule has 1 saturated carbocycles. The van der Waals surface area contributed by atoms with E-state index < -0.39 is 0 Å². The highest BCUT2D eigenvalue weighted by Crippen LogP contribution is 2.41. The molecule has 0 bridgehead atoms. The Hall–Kier alpha value is -1.68. The Morgan fingerprint density at radius 2 is 2.15 bits per heavy atom. The molecule has 2 aliphatic rings. The summed E-state index contributed by atoms with van der Waals surface area (Å²) in [5.41, 5.74) is 8.59. The molecule has 0 saturated heterocycles. The van der Waals surface area contributed by atoms with Crippen LogP contribution in [0.2, 0.25) is 0 Å². The Kier molecular flexibility index (Phi) is 2.84. The van der Waals surface area contributed by atoms with Crippen LogP contribution in [0.5, 0.6) is 0 Å². The average molecular weight is 269 g/mol. The van der Waals surface area contributed by atoms with Crippen LogP contribution in [0.25, 0.3) is 0 Å². The fourth-order valence-corrected chi connectivity index (χ4v) is 3.67. The molecular formula is C16H19N3O. The van der Waals surface area contributed by atoms with E-state index in [9.17, 15) is 0 Å². The van der Waals surface area contributed by atoms with Crippen LogP contribution in [0.3, 0.4) is 0 Å². The van der Waals surface area contributed by atoms with E-state index in [1.165, 1.54) is 24.0 Å². The summed E-state index contributed by atoms with van der Waals surface area (Å²) in [4.78, 5) is 4.68. The molecule has 0 aliphatic heterocycles. The van der Waals surface area contributed by atoms with E-state index in [0.29, 0.717) is 24.3 Å². The van der Waals surface area contributed by atoms with Crippen molar-refractivity contribution in [1.29, 1.82) is 0 Å². The second kappa shape index (κ2) is 4.70. The zero-order valence-electron chi connectivity index (χ0n) is 11.5. The fraction of sp³-hybridized carbons (Fsp3) is 0.500. The van der Waals surface area contributed by atoms with Crippen molar-refractivity contribution >= 4 is 0 Å². The number of aromatic nitrogens is 2. The Balaban J connectivity index is 1.58. The van der Waals surface area contributed by atoms with Gasteiger partial charge in [0.1, 0.15) is 0 Å². The number of rotatable bonds is 3. The van der Waals surface area contributed by atoms with Crippen molar-refractivity contribution in [2.45, 2.75) is 37.5 Å². The van der Waals surface area contributed by atoms with E-state index in [1.54, 1.807) is 0 Å². The highest BCUT2D eigenvalue weighted by molar-refractivity contribution is 5.43. The first-order chi connectivity index (χ1) is 9.86. The van der Waals surface area contributed by atoms with Crippen molar-refractivity contribution in [3.05, 3.63) is 47.1 Å². The molecule has 0 spiro atoms. The highest BCUT2D eigenvalue weighted by Gasteiger charge is 2.35. The van der Waals surface area contributed by atoms with Gasteiger partial charge in [-0.1, -0.05) is 35.8 Å². The smallest absolute Gasteiger partial charge is 0.230 e. The zero-order valence-corrected chi connectivity index (χ0v) is 11.5. The predicted molar refractivity (Wildman–Crippen MR) is 75.4 cm³/mol. The Bertz CT molecular complexity index is 622. The molecule has 1 aromatic heterocycles. The number of benzene rings is 1. The first-order valence-electron chi connectivity index (χ1n) is 7.48. The summed E-state index contributed by atoms with van der Waals surface area (Å²) in [5.74, 6) is 2.86. The van der Waals surface area contributed by atoms with Gasteiger partial charge in [0.15, 0.2) is 5.82 Å². The van der Waals surface area contributed by atoms with Gasteiger partial charge in [0.2, 0.25) is 5.89 Å². The van der Waals surface area contributed by atoms with Crippen LogP contribution in [0, 0.1) is 5.92 Å². The molecule has 3 unspecified atom stereocenters. The minimum absolute atomic E-state index is 0.321. The number of nitrogens with two attached hydrogens (primary N) is 1. The predicted octanol–water partition coefficient (Wildman–Crippen LogP) is 2.60. The van der Waals surface area contributed by atoms with Crippen LogP contribution in [0.4, 0.5) is 0 Å². The van der Waals surface area contributed by atoms with E-state index in [2.05, 4.69) is 34.4 Å². The minimum Gasteiger partial charge on any atom is -0.339 e. The number of nitrogens with zero attached hydrogens (tertiary/aromatic N) is 2. The lowest BCUT2D eigenvalue weighted by atomic mass is 9.77. The summed E-state index contributed by atoms with van der Waals surface area (Å²) in [6.07, 6.45) is 4.56. The van der Waals surface area contributed by atoms with E-state index in [0.717, 1.165) is 24.6 Å². The van der Waals surface area contributed by atoms with Gasteiger partial charge in [0.25, 0.3) is 0 Å². The zero-order chi connectivity index (χ0) is 13.5. The highest BCUT2D eigenvalue weighted by atomic mass is 16.5. The summed E-state index contributed by atoms with van der Waals surface area (Å²) in [7, 11) is 0. The first-order valence-corrected chi connectivity index (χ1v) is 7.48. The quantitative estimate of drug-likeness (QED) is 0.930. The molecule has 4 nitrogen and oxygen atoms in total. The van der Waals surface area contributed by atoms with E-state index >= 15 is 0 Å². The van der Waals surface area contributed by atoms with Gasteiger partial charge in [0.05, 0.1) is 5.92 Å². The average Bonchev–Trinajstić information content (AvgIpc) is 3.08. The largest absolute Gasteiger partial charge is 0.339 e. The van der Waals surface area contributed by atoms with Gasteiger partial charge in [-0.15, -0.1) is 0 Å². The molecule has 1 heterocycles. The van der Waals surface area contributed by atoms with E-state index in [1.807, 2.05) is 0 Å². The summed E-state index contributed by atoms with van der Waals surface area (Å²) in [5, 5.41) is 4.22. The standard InChI is InChI=1S/C16H19N3O/c17-9-11-5-3-7-13(11)16-18-15(19-20-16)14-8-10-4-1-2-6-12(10)14/h1-2,4,6,11,13-14H,3,5,7-9,17H2. The number of fused-ring (bicyclic) bond motifs is 1. The number of hydrogen-bond donors (Lipinski definition) is 1. The van der Waals surface area contributed by atoms with Crippen LogP contribution in [0.15, 0.2) is 28.8 Å². The van der Waals surface area contributed by atoms with Crippen LogP contribution >= 0.6 is 0 Å². The molecule has 0 radical (unpaired) electrons. The molecule has 1 fully saturated rings. The third kappa shape index (κ3) is 1.79. The van der Waals surface area contributed by atoms with Crippen molar-refractivity contribution < 1.29 is 4.52 Å². The normalized spacial score (nSPS) is 28.1. The van der Waals surface area contributed by atoms with Crippen LogP contribution in [-0.4, -0.2) is 16.7 Å². The van der Waals surface area contributed by atoms with Crippen molar-refractivity contribution in [2.24, 2.45) is 11.7 Å². The van der Waals surface area contributed by atoms with Crippen molar-refractivity contribution in [3.63, 3.8) is 0 Å². The van der Waals surface area contributed by atoms with Gasteiger partial charge in [-0.05, 0) is 42.9 Å². The lowest BCUT2D eigenvalue weighted by molar-refractivity contribution is 0.322. The van der Waals surface area contributed by atoms with Gasteiger partial charge in [-0.2, -0.15) is 4.98 Å². The molecule has 2 aromatic rings. The Morgan fingerprint density at radius 3 is 3.00 bits per heavy atom. The topological polar surface area (TPSA) is 64.9 Å². The van der Waals surface area contributed by atoms with Crippen LogP contribution < -0.4 is 5.73 Å². The fourth-order valence-electron chi connectivity index (χ4n) is 3.67. The molecule has 4 rings (SSSR count). The second-order valence-corrected chi connectivity index (χ2v) is 5.98. The molecule has 2 aliphatic carbocycles. The molecule has 3 atom stereocenters. The molecule has 4 heteroatoms. The molecule has 1 aromatic carbocycles. The molecule has 104 valence electrons. The van der Waals surface area contributed by atoms with Gasteiger partial charge >= 0.3 is 0 Å². The summed E-state index contributed by atoms with van der Waals surface area (Å²) in [6, 6.07) is 8.50. The van der Waals surface area contributed by atoms with Gasteiger partial charge in [0, 0.05) is 5.92 Å². The second-order valence-electron chi connectivity index (χ2n) is 5.98. The van der Waals surface area contributed by atoms with Crippen LogP contribution in [-0.2, 0) is 6.42 Å². The van der Waals surface area contributed by atoms with E-state index in [4.69, 9.17) is 10.3 Å². The third-order valence-electron chi connectivity index (χ3n) is 4.90. The summed E-state index contributed by atoms with van der Waals surface area (Å²) >= 11 is 0. The van der Waals surface area contributed by atoms with Gasteiger partial charge < -0.3 is 10.3 Å². The van der Waals surface area contributed by atoms with Gasteiger partial charge in [-0.3, -0.25) is 0 Å². The van der Waals surface area contributed by atoms with Crippen molar-refractivity contribution in [1.82, 2.24) is 10.1 Å². The van der Waals surface area contributed by atoms with Gasteiger partial charge in [-0.25, -0.2) is 0 Å². The Labute approximate surface area is 118 Å². The van der Waals surface area contributed by atoms with Crippen molar-refractivity contribution in [2.75, 3.05) is 6.54 Å². The monoisotopic (exact) mass is 269 g/mol. The van der Waals surface area contributed by atoms with Crippen molar-refractivity contribution in [3.8, 4) is 0 Å². The molecule has 0 amide bonds. The lowest BCUT2D eigenvalue weighted by Crippen LogP contribution is -2.20. The summed E-state index contributed by atoms with van der Waals surface area (Å²) in [6.45, 7) is 0.717. The van der Waals surface area contributed by atoms with Crippen LogP contribution in [0.1, 0.15) is 53.9 Å². The molecule has 2 N–H and O–H groups in total. The first kappa shape index (κ1) is 12.1. The summed E-state index contributed by atoms with van der Waals surface area (Å²) < 4.78 is 5.54. The lowest BCUT2D eigenvalue weighted by Gasteiger charge is -2.27. The number of hydrogen-bond acceptors (Lipinski definition) is 4.